The van der Waals surface area contributed by atoms with Gasteiger partial charge in [0.2, 0.25) is 0 Å². The van der Waals surface area contributed by atoms with Crippen LogP contribution in [0.25, 0.3) is 0 Å². The number of rotatable bonds is 1. The molecule has 0 fully saturated rings. The lowest BCUT2D eigenvalue weighted by Crippen LogP contribution is -3.05. The Labute approximate surface area is 71.0 Å². The molecule has 12 heavy (non-hydrogen) atoms. The van der Waals surface area contributed by atoms with Gasteiger partial charge < -0.3 is 14.6 Å². The lowest BCUT2D eigenvalue weighted by Gasteiger charge is -1.95. The van der Waals surface area contributed by atoms with Gasteiger partial charge in [0, 0.05) is 7.11 Å². The number of nitrogens with zero attached hydrogens (tertiary/aromatic N) is 1. The molecule has 1 N–H and O–H groups in total. The SMILES string of the molecule is CC[NH+]1C=CN=C1.COC(=O)[O-]. The van der Waals surface area contributed by atoms with Crippen molar-refractivity contribution in [1.29, 1.82) is 0 Å². The Morgan fingerprint density at radius 2 is 2.33 bits per heavy atom. The van der Waals surface area contributed by atoms with Crippen LogP contribution in [0.5, 0.6) is 0 Å². The Hall–Kier alpha value is -1.36. The zero-order valence-electron chi connectivity index (χ0n) is 7.11. The summed E-state index contributed by atoms with van der Waals surface area (Å²) in [5, 5.41) is 9.03. The molecule has 1 aliphatic heterocycles. The van der Waals surface area contributed by atoms with E-state index in [1.807, 2.05) is 18.7 Å². The zero-order chi connectivity index (χ0) is 9.40. The molecule has 1 unspecified atom stereocenters. The van der Waals surface area contributed by atoms with Gasteiger partial charge in [-0.05, 0) is 6.92 Å². The molecule has 0 bridgehead atoms. The summed E-state index contributed by atoms with van der Waals surface area (Å²) in [5.41, 5.74) is 0. The average Bonchev–Trinajstić information content (AvgIpc) is 2.57. The highest BCUT2D eigenvalue weighted by Gasteiger charge is 1.97. The number of nitrogens with one attached hydrogen (secondary N) is 1. The molecule has 5 heteroatoms. The van der Waals surface area contributed by atoms with Crippen LogP contribution >= 0.6 is 0 Å². The Balaban J connectivity index is 0.000000217. The monoisotopic (exact) mass is 172 g/mol. The number of carbonyl (C=O) groups is 1. The fourth-order valence-electron chi connectivity index (χ4n) is 0.530. The molecule has 0 radical (unpaired) electrons. The maximum absolute atomic E-state index is 9.03. The lowest BCUT2D eigenvalue weighted by atomic mass is 10.7. The van der Waals surface area contributed by atoms with Gasteiger partial charge in [-0.2, -0.15) is 0 Å². The lowest BCUT2D eigenvalue weighted by molar-refractivity contribution is -0.733. The molecule has 0 aromatic heterocycles. The summed E-state index contributed by atoms with van der Waals surface area (Å²) in [6, 6.07) is 0. The van der Waals surface area contributed by atoms with E-state index in [0.29, 0.717) is 0 Å². The summed E-state index contributed by atoms with van der Waals surface area (Å²) < 4.78 is 3.56. The van der Waals surface area contributed by atoms with E-state index in [0.717, 1.165) is 13.7 Å². The van der Waals surface area contributed by atoms with Crippen molar-refractivity contribution < 1.29 is 19.5 Å². The smallest absolute Gasteiger partial charge is 0.251 e. The van der Waals surface area contributed by atoms with Crippen molar-refractivity contribution in [3.8, 4) is 0 Å². The first kappa shape index (κ1) is 10.6. The zero-order valence-corrected chi connectivity index (χ0v) is 7.11. The summed E-state index contributed by atoms with van der Waals surface area (Å²) in [5.74, 6) is 0. The number of hydrogen-bond donors (Lipinski definition) is 1. The first-order chi connectivity index (χ1) is 5.70. The highest BCUT2D eigenvalue weighted by atomic mass is 16.6. The Kier molecular flexibility index (Phi) is 5.64. The number of quaternary nitrogens is 1. The van der Waals surface area contributed by atoms with Gasteiger partial charge in [-0.15, -0.1) is 0 Å². The van der Waals surface area contributed by atoms with Gasteiger partial charge in [-0.3, -0.25) is 4.90 Å². The Morgan fingerprint density at radius 3 is 2.50 bits per heavy atom. The molecular formula is C7H12N2O3. The van der Waals surface area contributed by atoms with Crippen LogP contribution in [0.3, 0.4) is 0 Å². The van der Waals surface area contributed by atoms with Crippen molar-refractivity contribution in [3.05, 3.63) is 12.4 Å². The third-order valence-corrected chi connectivity index (χ3v) is 1.19. The molecule has 1 aliphatic rings. The van der Waals surface area contributed by atoms with Crippen molar-refractivity contribution in [1.82, 2.24) is 0 Å². The number of ether oxygens (including phenoxy) is 1. The van der Waals surface area contributed by atoms with Crippen molar-refractivity contribution in [3.63, 3.8) is 0 Å². The molecule has 0 spiro atoms. The molecule has 0 aromatic rings. The van der Waals surface area contributed by atoms with Crippen LogP contribution < -0.4 is 10.0 Å². The molecule has 0 aliphatic carbocycles. The van der Waals surface area contributed by atoms with E-state index in [1.54, 1.807) is 0 Å². The van der Waals surface area contributed by atoms with Crippen molar-refractivity contribution >= 4 is 12.5 Å². The van der Waals surface area contributed by atoms with Crippen LogP contribution in [0.1, 0.15) is 6.92 Å². The normalized spacial score (nSPS) is 18.3. The van der Waals surface area contributed by atoms with Gasteiger partial charge >= 0.3 is 0 Å². The minimum atomic E-state index is -1.50. The Bertz CT molecular complexity index is 177. The summed E-state index contributed by atoms with van der Waals surface area (Å²) in [6.07, 6.45) is 4.24. The highest BCUT2D eigenvalue weighted by molar-refractivity contribution is 5.53. The number of aliphatic imine (C=N–C) groups is 1. The predicted molar refractivity (Wildman–Crippen MR) is 41.5 cm³/mol. The summed E-state index contributed by atoms with van der Waals surface area (Å²) in [7, 11) is 1.04. The highest BCUT2D eigenvalue weighted by Crippen LogP contribution is 1.68. The molecule has 0 aromatic carbocycles. The molecule has 0 saturated carbocycles. The van der Waals surface area contributed by atoms with E-state index in [9.17, 15) is 0 Å². The molecule has 1 atom stereocenters. The van der Waals surface area contributed by atoms with Gasteiger partial charge in [-0.25, -0.2) is 4.99 Å². The molecule has 0 saturated heterocycles. The second kappa shape index (κ2) is 6.36. The van der Waals surface area contributed by atoms with Crippen molar-refractivity contribution in [2.24, 2.45) is 4.99 Å². The minimum Gasteiger partial charge on any atom is -0.553 e. The maximum atomic E-state index is 9.03. The van der Waals surface area contributed by atoms with E-state index in [4.69, 9.17) is 9.90 Å². The average molecular weight is 172 g/mol. The van der Waals surface area contributed by atoms with Crippen LogP contribution in [0, 0.1) is 0 Å². The fraction of sp³-hybridized carbons (Fsp3) is 0.429. The van der Waals surface area contributed by atoms with E-state index >= 15 is 0 Å². The quantitative estimate of drug-likeness (QED) is 0.483. The first-order valence-corrected chi connectivity index (χ1v) is 3.51. The Morgan fingerprint density at radius 1 is 1.75 bits per heavy atom. The van der Waals surface area contributed by atoms with Gasteiger partial charge in [0.1, 0.15) is 6.20 Å². The number of hydrogen-bond acceptors (Lipinski definition) is 4. The fourth-order valence-corrected chi connectivity index (χ4v) is 0.530. The van der Waals surface area contributed by atoms with Crippen LogP contribution in [0.4, 0.5) is 4.79 Å². The van der Waals surface area contributed by atoms with E-state index < -0.39 is 6.16 Å². The molecular weight excluding hydrogens is 160 g/mol. The van der Waals surface area contributed by atoms with E-state index in [-0.39, 0.29) is 0 Å². The van der Waals surface area contributed by atoms with Gasteiger partial charge in [0.05, 0.1) is 12.7 Å². The predicted octanol–water partition coefficient (Wildman–Crippen LogP) is -1.62. The summed E-state index contributed by atoms with van der Waals surface area (Å²) >= 11 is 0. The molecule has 5 nitrogen and oxygen atoms in total. The standard InChI is InChI=1S/C5H8N2.C2H4O3/c1-2-7-4-3-6-5-7;1-5-2(3)4/h3-5H,2H2,1H3;1H3,(H,3,4). The van der Waals surface area contributed by atoms with Crippen molar-refractivity contribution in [2.45, 2.75) is 6.92 Å². The largest absolute Gasteiger partial charge is 0.553 e. The number of carboxylic acid groups (broad SMARTS) is 1. The van der Waals surface area contributed by atoms with Crippen LogP contribution in [0.15, 0.2) is 17.4 Å². The molecule has 1 heterocycles. The molecule has 0 amide bonds. The van der Waals surface area contributed by atoms with E-state index in [2.05, 4.69) is 16.7 Å². The minimum absolute atomic E-state index is 1.04. The first-order valence-electron chi connectivity index (χ1n) is 3.51. The van der Waals surface area contributed by atoms with Gasteiger partial charge in [0.25, 0.3) is 6.16 Å². The second-order valence-electron chi connectivity index (χ2n) is 1.98. The van der Waals surface area contributed by atoms with Gasteiger partial charge in [-0.1, -0.05) is 0 Å². The van der Waals surface area contributed by atoms with Crippen LogP contribution in [-0.4, -0.2) is 26.1 Å². The summed E-state index contributed by atoms with van der Waals surface area (Å²) in [6.45, 7) is 3.22. The molecule has 68 valence electrons. The topological polar surface area (TPSA) is 66.2 Å². The van der Waals surface area contributed by atoms with Crippen molar-refractivity contribution in [2.75, 3.05) is 13.7 Å². The van der Waals surface area contributed by atoms with Gasteiger partial charge in [0.15, 0.2) is 6.34 Å². The third kappa shape index (κ3) is 5.43. The maximum Gasteiger partial charge on any atom is 0.251 e. The summed E-state index contributed by atoms with van der Waals surface area (Å²) in [4.78, 5) is 14.2. The number of carbonyl (C=O) groups excluding carboxylic acids is 1. The third-order valence-electron chi connectivity index (χ3n) is 1.19. The van der Waals surface area contributed by atoms with Crippen LogP contribution in [0.2, 0.25) is 0 Å². The van der Waals surface area contributed by atoms with E-state index in [1.165, 1.54) is 4.90 Å². The van der Waals surface area contributed by atoms with Crippen LogP contribution in [-0.2, 0) is 4.74 Å². The number of methoxy groups -OCH3 is 1. The molecule has 1 rings (SSSR count). The second-order valence-corrected chi connectivity index (χ2v) is 1.98.